The summed E-state index contributed by atoms with van der Waals surface area (Å²) in [5.41, 5.74) is 2.71. The minimum absolute atomic E-state index is 0. The summed E-state index contributed by atoms with van der Waals surface area (Å²) < 4.78 is 2.29. The zero-order valence-electron chi connectivity index (χ0n) is 9.50. The van der Waals surface area contributed by atoms with E-state index in [9.17, 15) is 0 Å². The normalized spacial score (nSPS) is 9.89. The van der Waals surface area contributed by atoms with Crippen LogP contribution >= 0.6 is 43.6 Å². The first-order valence-corrected chi connectivity index (χ1v) is 8.06. The molecule has 0 aliphatic heterocycles. The molecule has 0 saturated carbocycles. The molecule has 0 heterocycles. The maximum Gasteiger partial charge on any atom is 0.0357 e. The number of benzene rings is 2. The van der Waals surface area contributed by atoms with Crippen molar-refractivity contribution in [3.05, 3.63) is 68.6 Å². The smallest absolute Gasteiger partial charge is 0.0357 e. The fraction of sp³-hybridized carbons (Fsp3) is 0.143. The average molecular weight is 569 g/mol. The zero-order valence-corrected chi connectivity index (χ0v) is 15.7. The summed E-state index contributed by atoms with van der Waals surface area (Å²) in [4.78, 5) is 0. The van der Waals surface area contributed by atoms with Crippen molar-refractivity contribution in [1.82, 2.24) is 0 Å². The Balaban J connectivity index is 0.00000162. The summed E-state index contributed by atoms with van der Waals surface area (Å²) in [6.45, 7) is 0. The Morgan fingerprint density at radius 3 is 2.28 bits per heavy atom. The van der Waals surface area contributed by atoms with Crippen molar-refractivity contribution in [3.63, 3.8) is 0 Å². The average Bonchev–Trinajstić information content (AvgIpc) is 2.36. The van der Waals surface area contributed by atoms with Crippen molar-refractivity contribution >= 4 is 43.6 Å². The third-order valence-electron chi connectivity index (χ3n) is 2.40. The fourth-order valence-electron chi connectivity index (χ4n) is 1.51. The molecule has 2 aromatic carbocycles. The molecule has 2 rings (SSSR count). The van der Waals surface area contributed by atoms with Gasteiger partial charge in [-0.2, -0.15) is 11.8 Å². The second kappa shape index (κ2) is 8.62. The van der Waals surface area contributed by atoms with Gasteiger partial charge in [0.2, 0.25) is 0 Å². The summed E-state index contributed by atoms with van der Waals surface area (Å²) in [7, 11) is 0. The first-order valence-electron chi connectivity index (χ1n) is 5.32. The van der Waals surface area contributed by atoms with Gasteiger partial charge >= 0.3 is 0 Å². The molecule has 2 aromatic rings. The number of hydrogen-bond donors (Lipinski definition) is 0. The largest absolute Gasteiger partial charge is 0.152 e. The summed E-state index contributed by atoms with van der Waals surface area (Å²) in [6.07, 6.45) is 0. The predicted molar refractivity (Wildman–Crippen MR) is 83.3 cm³/mol. The molecular formula is C14H12AuBr2S. The van der Waals surface area contributed by atoms with Gasteiger partial charge in [-0.25, -0.2) is 0 Å². The van der Waals surface area contributed by atoms with Gasteiger partial charge in [0.1, 0.15) is 0 Å². The molecule has 0 unspecified atom stereocenters. The Kier molecular flexibility index (Phi) is 7.92. The molecule has 0 fully saturated rings. The molecule has 0 saturated heterocycles. The third kappa shape index (κ3) is 4.87. The molecule has 0 atom stereocenters. The van der Waals surface area contributed by atoms with Crippen LogP contribution < -0.4 is 0 Å². The molecule has 0 aliphatic carbocycles. The Morgan fingerprint density at radius 1 is 0.833 bits per heavy atom. The summed E-state index contributed by atoms with van der Waals surface area (Å²) in [5.74, 6) is 2.08. The second-order valence-corrected chi connectivity index (χ2v) is 6.32. The van der Waals surface area contributed by atoms with Gasteiger partial charge in [0, 0.05) is 42.8 Å². The summed E-state index contributed by atoms with van der Waals surface area (Å²) >= 11 is 9.06. The van der Waals surface area contributed by atoms with Crippen molar-refractivity contribution in [1.29, 1.82) is 0 Å². The van der Waals surface area contributed by atoms with Crippen molar-refractivity contribution in [3.8, 4) is 0 Å². The zero-order chi connectivity index (χ0) is 12.1. The van der Waals surface area contributed by atoms with Crippen LogP contribution in [0, 0.1) is 0 Å². The molecule has 0 nitrogen and oxygen atoms in total. The number of halogens is 2. The summed E-state index contributed by atoms with van der Waals surface area (Å²) in [5, 5.41) is 0. The topological polar surface area (TPSA) is 0 Å². The van der Waals surface area contributed by atoms with Crippen LogP contribution in [-0.4, -0.2) is 0 Å². The molecule has 4 heteroatoms. The quantitative estimate of drug-likeness (QED) is 0.430. The van der Waals surface area contributed by atoms with Crippen LogP contribution in [0.4, 0.5) is 0 Å². The van der Waals surface area contributed by atoms with Gasteiger partial charge in [-0.05, 0) is 49.1 Å². The second-order valence-electron chi connectivity index (χ2n) is 3.69. The summed E-state index contributed by atoms with van der Waals surface area (Å²) in [6, 6.07) is 16.9. The maximum absolute atomic E-state index is 3.61. The molecule has 18 heavy (non-hydrogen) atoms. The van der Waals surface area contributed by atoms with Crippen LogP contribution in [-0.2, 0) is 33.9 Å². The monoisotopic (exact) mass is 567 g/mol. The SMILES string of the molecule is Brc1cccc(CSCc2ccccc2)c1Br.[Au]. The van der Waals surface area contributed by atoms with Gasteiger partial charge in [0.15, 0.2) is 0 Å². The standard InChI is InChI=1S/C14H12Br2S.Au/c15-13-8-4-7-12(14(13)16)10-17-9-11-5-2-1-3-6-11;/h1-8H,9-10H2;. The first-order chi connectivity index (χ1) is 8.27. The van der Waals surface area contributed by atoms with Gasteiger partial charge in [0.25, 0.3) is 0 Å². The third-order valence-corrected chi connectivity index (χ3v) is 5.58. The number of hydrogen-bond acceptors (Lipinski definition) is 1. The first kappa shape index (κ1) is 16.5. The van der Waals surface area contributed by atoms with Gasteiger partial charge in [-0.3, -0.25) is 0 Å². The van der Waals surface area contributed by atoms with Gasteiger partial charge in [-0.15, -0.1) is 0 Å². The van der Waals surface area contributed by atoms with E-state index in [0.717, 1.165) is 16.0 Å². The predicted octanol–water partition coefficient (Wildman–Crippen LogP) is 5.64. The van der Waals surface area contributed by atoms with Crippen molar-refractivity contribution in [2.24, 2.45) is 0 Å². The van der Waals surface area contributed by atoms with E-state index in [4.69, 9.17) is 0 Å². The molecule has 0 bridgehead atoms. The number of thioether (sulfide) groups is 1. The van der Waals surface area contributed by atoms with Crippen LogP contribution in [0.25, 0.3) is 0 Å². The van der Waals surface area contributed by atoms with E-state index in [0.29, 0.717) is 0 Å². The van der Waals surface area contributed by atoms with Crippen molar-refractivity contribution < 1.29 is 22.4 Å². The van der Waals surface area contributed by atoms with E-state index in [2.05, 4.69) is 80.4 Å². The van der Waals surface area contributed by atoms with Gasteiger partial charge in [0.05, 0.1) is 0 Å². The van der Waals surface area contributed by atoms with Crippen LogP contribution in [0.1, 0.15) is 11.1 Å². The molecule has 1 radical (unpaired) electrons. The number of rotatable bonds is 4. The molecule has 0 aromatic heterocycles. The Hall–Kier alpha value is 0.490. The molecular weight excluding hydrogens is 557 g/mol. The van der Waals surface area contributed by atoms with Gasteiger partial charge in [-0.1, -0.05) is 42.5 Å². The van der Waals surface area contributed by atoms with E-state index >= 15 is 0 Å². The van der Waals surface area contributed by atoms with Crippen LogP contribution in [0.3, 0.4) is 0 Å². The van der Waals surface area contributed by atoms with Gasteiger partial charge < -0.3 is 0 Å². The molecule has 0 aliphatic rings. The van der Waals surface area contributed by atoms with Crippen molar-refractivity contribution in [2.45, 2.75) is 11.5 Å². The molecule has 0 amide bonds. The molecule has 0 N–H and O–H groups in total. The van der Waals surface area contributed by atoms with E-state index in [1.807, 2.05) is 11.8 Å². The minimum Gasteiger partial charge on any atom is -0.152 e. The Bertz CT molecular complexity index is 488. The van der Waals surface area contributed by atoms with Crippen LogP contribution in [0.15, 0.2) is 57.5 Å². The van der Waals surface area contributed by atoms with E-state index < -0.39 is 0 Å². The fourth-order valence-corrected chi connectivity index (χ4v) is 3.50. The molecule has 99 valence electrons. The molecule has 0 spiro atoms. The van der Waals surface area contributed by atoms with Crippen molar-refractivity contribution in [2.75, 3.05) is 0 Å². The maximum atomic E-state index is 3.61. The van der Waals surface area contributed by atoms with E-state index in [1.54, 1.807) is 0 Å². The van der Waals surface area contributed by atoms with Crippen LogP contribution in [0.5, 0.6) is 0 Å². The Labute approximate surface area is 145 Å². The minimum atomic E-state index is 0. The van der Waals surface area contributed by atoms with E-state index in [-0.39, 0.29) is 22.4 Å². The van der Waals surface area contributed by atoms with Crippen LogP contribution in [0.2, 0.25) is 0 Å². The van der Waals surface area contributed by atoms with E-state index in [1.165, 1.54) is 15.6 Å². The Morgan fingerprint density at radius 2 is 1.56 bits per heavy atom.